The number of likely N-dealkylation sites (tertiary alicyclic amines) is 1. The Kier molecular flexibility index (Phi) is 12.7. The smallest absolute Gasteiger partial charge is 0.191 e. The van der Waals surface area contributed by atoms with Crippen molar-refractivity contribution in [2.45, 2.75) is 51.6 Å². The van der Waals surface area contributed by atoms with Crippen LogP contribution in [0.25, 0.3) is 0 Å². The number of halogens is 3. The van der Waals surface area contributed by atoms with Crippen LogP contribution in [-0.4, -0.2) is 68.6 Å². The zero-order valence-corrected chi connectivity index (χ0v) is 21.1. The summed E-state index contributed by atoms with van der Waals surface area (Å²) in [6.45, 7) is 8.62. The van der Waals surface area contributed by atoms with E-state index < -0.39 is 17.7 Å². The second-order valence-corrected chi connectivity index (χ2v) is 7.95. The van der Waals surface area contributed by atoms with E-state index in [1.54, 1.807) is 4.90 Å². The molecule has 8 heteroatoms. The second-order valence-electron chi connectivity index (χ2n) is 7.95. The third kappa shape index (κ3) is 8.26. The first-order chi connectivity index (χ1) is 14.0. The van der Waals surface area contributed by atoms with E-state index in [2.05, 4.69) is 27.4 Å². The highest BCUT2D eigenvalue weighted by Crippen LogP contribution is 2.24. The fourth-order valence-corrected chi connectivity index (χ4v) is 3.72. The topological polar surface area (TPSA) is 42.9 Å². The molecule has 1 aliphatic rings. The number of hydrogen-bond donors (Lipinski definition) is 2. The first-order valence-corrected chi connectivity index (χ1v) is 10.8. The summed E-state index contributed by atoms with van der Waals surface area (Å²) < 4.78 is 28.6. The molecule has 2 N–H and O–H groups in total. The number of piperidine rings is 1. The maximum atomic E-state index is 14.3. The Morgan fingerprint density at radius 3 is 2.37 bits per heavy atom. The molecule has 1 aliphatic heterocycles. The molecule has 0 aliphatic carbocycles. The number of unbranched alkanes of at least 4 members (excludes halogenated alkanes) is 1. The van der Waals surface area contributed by atoms with Crippen molar-refractivity contribution in [2.75, 3.05) is 46.8 Å². The fraction of sp³-hybridized carbons (Fsp3) is 0.682. The van der Waals surface area contributed by atoms with Crippen LogP contribution < -0.4 is 10.6 Å². The van der Waals surface area contributed by atoms with Gasteiger partial charge in [0, 0.05) is 31.2 Å². The van der Waals surface area contributed by atoms with Gasteiger partial charge in [-0.3, -0.25) is 4.99 Å². The Hall–Kier alpha value is -1.00. The highest BCUT2D eigenvalue weighted by molar-refractivity contribution is 14.0. The Morgan fingerprint density at radius 2 is 1.83 bits per heavy atom. The molecule has 0 radical (unpaired) electrons. The van der Waals surface area contributed by atoms with Crippen molar-refractivity contribution < 1.29 is 8.78 Å². The van der Waals surface area contributed by atoms with Crippen molar-refractivity contribution in [3.8, 4) is 0 Å². The van der Waals surface area contributed by atoms with E-state index in [4.69, 9.17) is 0 Å². The molecule has 0 aromatic heterocycles. The van der Waals surface area contributed by atoms with Gasteiger partial charge in [0.2, 0.25) is 0 Å². The maximum Gasteiger partial charge on any atom is 0.191 e. The number of nitrogens with one attached hydrogen (secondary N) is 2. The van der Waals surface area contributed by atoms with Crippen molar-refractivity contribution in [3.63, 3.8) is 0 Å². The third-order valence-electron chi connectivity index (χ3n) is 5.48. The summed E-state index contributed by atoms with van der Waals surface area (Å²) in [7, 11) is 3.64. The summed E-state index contributed by atoms with van der Waals surface area (Å²) in [5.74, 6) is -0.351. The summed E-state index contributed by atoms with van der Waals surface area (Å²) in [6.07, 6.45) is 4.63. The zero-order chi connectivity index (χ0) is 21.2. The molecule has 1 aromatic carbocycles. The maximum absolute atomic E-state index is 14.3. The van der Waals surface area contributed by atoms with E-state index in [1.165, 1.54) is 37.6 Å². The molecule has 172 valence electrons. The highest BCUT2D eigenvalue weighted by atomic mass is 127. The number of aliphatic imine (C=N–C) groups is 1. The monoisotopic (exact) mass is 537 g/mol. The second kappa shape index (κ2) is 14.1. The SMILES string of the molecule is CCCCN1CCC(NC(=NCC(c2c(F)cccc2F)N(C)C)NCC)CC1.I. The minimum Gasteiger partial charge on any atom is -0.357 e. The average Bonchev–Trinajstić information content (AvgIpc) is 2.69. The first kappa shape index (κ1) is 27.0. The van der Waals surface area contributed by atoms with Crippen molar-refractivity contribution in [2.24, 2.45) is 4.99 Å². The van der Waals surface area contributed by atoms with Gasteiger partial charge in [-0.1, -0.05) is 19.4 Å². The molecule has 5 nitrogen and oxygen atoms in total. The molecule has 1 saturated heterocycles. The van der Waals surface area contributed by atoms with Crippen LogP contribution in [0.15, 0.2) is 23.2 Å². The normalized spacial score (nSPS) is 17.0. The van der Waals surface area contributed by atoms with Crippen molar-refractivity contribution >= 4 is 29.9 Å². The van der Waals surface area contributed by atoms with Gasteiger partial charge in [-0.2, -0.15) is 0 Å². The van der Waals surface area contributed by atoms with Gasteiger partial charge in [0.25, 0.3) is 0 Å². The summed E-state index contributed by atoms with van der Waals surface area (Å²) in [5, 5.41) is 6.78. The van der Waals surface area contributed by atoms with Gasteiger partial charge < -0.3 is 20.4 Å². The van der Waals surface area contributed by atoms with Gasteiger partial charge in [-0.15, -0.1) is 24.0 Å². The van der Waals surface area contributed by atoms with Gasteiger partial charge in [0.15, 0.2) is 5.96 Å². The molecule has 1 heterocycles. The van der Waals surface area contributed by atoms with E-state index in [0.717, 1.165) is 32.5 Å². The minimum absolute atomic E-state index is 0. The Labute approximate surface area is 197 Å². The van der Waals surface area contributed by atoms with Crippen LogP contribution in [0.3, 0.4) is 0 Å². The lowest BCUT2D eigenvalue weighted by Gasteiger charge is -2.33. The van der Waals surface area contributed by atoms with Crippen LogP contribution in [0.4, 0.5) is 8.78 Å². The van der Waals surface area contributed by atoms with Crippen LogP contribution in [0.5, 0.6) is 0 Å². The highest BCUT2D eigenvalue weighted by Gasteiger charge is 2.23. The third-order valence-corrected chi connectivity index (χ3v) is 5.48. The molecule has 1 fully saturated rings. The molecule has 0 spiro atoms. The minimum atomic E-state index is -0.531. The fourth-order valence-electron chi connectivity index (χ4n) is 3.72. The van der Waals surface area contributed by atoms with Gasteiger partial charge >= 0.3 is 0 Å². The number of nitrogens with zero attached hydrogens (tertiary/aromatic N) is 3. The lowest BCUT2D eigenvalue weighted by atomic mass is 10.0. The predicted octanol–water partition coefficient (Wildman–Crippen LogP) is 4.01. The Morgan fingerprint density at radius 1 is 1.20 bits per heavy atom. The quantitative estimate of drug-likeness (QED) is 0.284. The van der Waals surface area contributed by atoms with Gasteiger partial charge in [-0.05, 0) is 59.0 Å². The van der Waals surface area contributed by atoms with Gasteiger partial charge in [0.05, 0.1) is 12.6 Å². The van der Waals surface area contributed by atoms with Crippen LogP contribution in [-0.2, 0) is 0 Å². The molecule has 0 saturated carbocycles. The molecule has 1 unspecified atom stereocenters. The summed E-state index contributed by atoms with van der Waals surface area (Å²) >= 11 is 0. The molecule has 1 atom stereocenters. The van der Waals surface area contributed by atoms with Gasteiger partial charge in [-0.25, -0.2) is 8.78 Å². The Bertz CT molecular complexity index is 628. The van der Waals surface area contributed by atoms with Crippen LogP contribution in [0.1, 0.15) is 51.1 Å². The average molecular weight is 537 g/mol. The molecule has 30 heavy (non-hydrogen) atoms. The van der Waals surface area contributed by atoms with Crippen LogP contribution in [0, 0.1) is 11.6 Å². The summed E-state index contributed by atoms with van der Waals surface area (Å²) in [4.78, 5) is 8.99. The van der Waals surface area contributed by atoms with Crippen molar-refractivity contribution in [1.82, 2.24) is 20.4 Å². The van der Waals surface area contributed by atoms with E-state index in [9.17, 15) is 8.78 Å². The van der Waals surface area contributed by atoms with E-state index in [-0.39, 0.29) is 36.1 Å². The number of guanidine groups is 1. The summed E-state index contributed by atoms with van der Waals surface area (Å²) in [5.41, 5.74) is 0.0707. The predicted molar refractivity (Wildman–Crippen MR) is 132 cm³/mol. The van der Waals surface area contributed by atoms with Gasteiger partial charge in [0.1, 0.15) is 11.6 Å². The Balaban J connectivity index is 0.00000450. The number of rotatable bonds is 9. The van der Waals surface area contributed by atoms with Crippen molar-refractivity contribution in [1.29, 1.82) is 0 Å². The molecular weight excluding hydrogens is 499 g/mol. The molecule has 1 aromatic rings. The lowest BCUT2D eigenvalue weighted by molar-refractivity contribution is 0.203. The number of likely N-dealkylation sites (N-methyl/N-ethyl adjacent to an activating group) is 1. The van der Waals surface area contributed by atoms with E-state index in [1.807, 2.05) is 21.0 Å². The molecule has 0 bridgehead atoms. The van der Waals surface area contributed by atoms with E-state index >= 15 is 0 Å². The standard InChI is InChI=1S/C22H37F2N5.HI/c1-5-7-13-29-14-11-17(12-15-29)27-22(25-6-2)26-16-20(28(3)4)21-18(23)9-8-10-19(21)24;/h8-10,17,20H,5-7,11-16H2,1-4H3,(H2,25,26,27);1H. The van der Waals surface area contributed by atoms with Crippen LogP contribution in [0.2, 0.25) is 0 Å². The summed E-state index contributed by atoms with van der Waals surface area (Å²) in [6, 6.07) is 3.89. The van der Waals surface area contributed by atoms with Crippen LogP contribution >= 0.6 is 24.0 Å². The zero-order valence-electron chi connectivity index (χ0n) is 18.8. The molecular formula is C22H38F2IN5. The lowest BCUT2D eigenvalue weighted by Crippen LogP contribution is -2.49. The number of benzene rings is 1. The van der Waals surface area contributed by atoms with Crippen molar-refractivity contribution in [3.05, 3.63) is 35.4 Å². The number of hydrogen-bond acceptors (Lipinski definition) is 3. The molecule has 2 rings (SSSR count). The first-order valence-electron chi connectivity index (χ1n) is 10.8. The molecule has 0 amide bonds. The van der Waals surface area contributed by atoms with E-state index in [0.29, 0.717) is 12.0 Å². The largest absolute Gasteiger partial charge is 0.357 e.